The molecule has 1 atom stereocenters. The van der Waals surface area contributed by atoms with Crippen LogP contribution < -0.4 is 11.5 Å². The van der Waals surface area contributed by atoms with E-state index in [-0.39, 0.29) is 16.5 Å². The van der Waals surface area contributed by atoms with E-state index in [0.29, 0.717) is 0 Å². The van der Waals surface area contributed by atoms with Crippen molar-refractivity contribution in [2.75, 3.05) is 5.73 Å². The third kappa shape index (κ3) is 1.78. The molecule has 0 fully saturated rings. The van der Waals surface area contributed by atoms with E-state index >= 15 is 0 Å². The van der Waals surface area contributed by atoms with Crippen LogP contribution in [0, 0.1) is 0 Å². The number of hydrogen-bond donors (Lipinski definition) is 3. The number of aliphatic carboxylic acids is 1. The van der Waals surface area contributed by atoms with Gasteiger partial charge in [0.05, 0.1) is 0 Å². The van der Waals surface area contributed by atoms with Gasteiger partial charge in [-0.25, -0.2) is 9.78 Å². The molecule has 0 aliphatic rings. The number of carbonyl (C=O) groups is 1. The summed E-state index contributed by atoms with van der Waals surface area (Å²) in [5.41, 5.74) is 9.77. The molecule has 0 aromatic carbocycles. The van der Waals surface area contributed by atoms with Crippen molar-refractivity contribution in [1.82, 2.24) is 4.98 Å². The Morgan fingerprint density at radius 3 is 2.64 bits per heavy atom. The Bertz CT molecular complexity index is 379. The number of halogens is 1. The fourth-order valence-electron chi connectivity index (χ4n) is 1.00. The predicted molar refractivity (Wildman–Crippen MR) is 52.8 cm³/mol. The molecule has 0 radical (unpaired) electrons. The van der Waals surface area contributed by atoms with E-state index < -0.39 is 11.5 Å². The average molecular weight is 216 g/mol. The Balaban J connectivity index is 3.26. The van der Waals surface area contributed by atoms with Gasteiger partial charge in [0.25, 0.3) is 0 Å². The average Bonchev–Trinajstić information content (AvgIpc) is 2.02. The van der Waals surface area contributed by atoms with Gasteiger partial charge in [0.1, 0.15) is 16.5 Å². The lowest BCUT2D eigenvalue weighted by molar-refractivity contribution is -0.143. The normalized spacial score (nSPS) is 14.8. The molecule has 1 aromatic rings. The molecule has 1 heterocycles. The standard InChI is InChI=1S/C8H10ClN3O2/c1-8(11,7(13)14)4-2-3-5(9)12-6(4)10/h2-3H,11H2,1H3,(H2,10,12)(H,13,14)/t8-/m0/s1. The van der Waals surface area contributed by atoms with Crippen LogP contribution in [-0.2, 0) is 10.3 Å². The third-order valence-electron chi connectivity index (χ3n) is 1.89. The quantitative estimate of drug-likeness (QED) is 0.626. The van der Waals surface area contributed by atoms with Crippen LogP contribution >= 0.6 is 11.6 Å². The Morgan fingerprint density at radius 2 is 2.21 bits per heavy atom. The molecule has 0 saturated heterocycles. The molecule has 76 valence electrons. The summed E-state index contributed by atoms with van der Waals surface area (Å²) < 4.78 is 0. The zero-order valence-electron chi connectivity index (χ0n) is 7.49. The number of carboxylic acid groups (broad SMARTS) is 1. The molecule has 1 rings (SSSR count). The van der Waals surface area contributed by atoms with Crippen LogP contribution in [0.25, 0.3) is 0 Å². The lowest BCUT2D eigenvalue weighted by Gasteiger charge is -2.20. The van der Waals surface area contributed by atoms with E-state index in [9.17, 15) is 4.79 Å². The van der Waals surface area contributed by atoms with E-state index in [2.05, 4.69) is 4.98 Å². The van der Waals surface area contributed by atoms with Crippen LogP contribution in [-0.4, -0.2) is 16.1 Å². The van der Waals surface area contributed by atoms with Crippen LogP contribution in [0.4, 0.5) is 5.82 Å². The number of pyridine rings is 1. The van der Waals surface area contributed by atoms with Gasteiger partial charge in [0.2, 0.25) is 0 Å². The highest BCUT2D eigenvalue weighted by Crippen LogP contribution is 2.24. The summed E-state index contributed by atoms with van der Waals surface area (Å²) in [6.07, 6.45) is 0. The highest BCUT2D eigenvalue weighted by molar-refractivity contribution is 6.29. The molecule has 6 heteroatoms. The largest absolute Gasteiger partial charge is 0.480 e. The highest BCUT2D eigenvalue weighted by Gasteiger charge is 2.32. The summed E-state index contributed by atoms with van der Waals surface area (Å²) >= 11 is 5.57. The van der Waals surface area contributed by atoms with E-state index in [1.165, 1.54) is 19.1 Å². The van der Waals surface area contributed by atoms with Crippen molar-refractivity contribution in [1.29, 1.82) is 0 Å². The van der Waals surface area contributed by atoms with Gasteiger partial charge in [-0.2, -0.15) is 0 Å². The molecule has 0 unspecified atom stereocenters. The van der Waals surface area contributed by atoms with E-state index in [1.807, 2.05) is 0 Å². The second-order valence-electron chi connectivity index (χ2n) is 3.07. The van der Waals surface area contributed by atoms with E-state index in [0.717, 1.165) is 0 Å². The van der Waals surface area contributed by atoms with Crippen LogP contribution in [0.1, 0.15) is 12.5 Å². The first kappa shape index (κ1) is 10.7. The Morgan fingerprint density at radius 1 is 1.64 bits per heavy atom. The summed E-state index contributed by atoms with van der Waals surface area (Å²) in [5, 5.41) is 9.05. The minimum Gasteiger partial charge on any atom is -0.480 e. The fraction of sp³-hybridized carbons (Fsp3) is 0.250. The minimum absolute atomic E-state index is 0.0323. The van der Waals surface area contributed by atoms with Gasteiger partial charge in [0.15, 0.2) is 0 Å². The molecule has 1 aromatic heterocycles. The van der Waals surface area contributed by atoms with Gasteiger partial charge in [-0.3, -0.25) is 0 Å². The molecule has 0 amide bonds. The van der Waals surface area contributed by atoms with Crippen LogP contribution in [0.5, 0.6) is 0 Å². The van der Waals surface area contributed by atoms with Crippen molar-refractivity contribution < 1.29 is 9.90 Å². The number of nitrogens with two attached hydrogens (primary N) is 2. The van der Waals surface area contributed by atoms with Gasteiger partial charge in [-0.15, -0.1) is 0 Å². The van der Waals surface area contributed by atoms with Crippen molar-refractivity contribution in [2.45, 2.75) is 12.5 Å². The smallest absolute Gasteiger partial charge is 0.328 e. The first-order valence-corrected chi connectivity index (χ1v) is 4.18. The number of rotatable bonds is 2. The monoisotopic (exact) mass is 215 g/mol. The Hall–Kier alpha value is -1.33. The minimum atomic E-state index is -1.55. The maximum absolute atomic E-state index is 10.8. The van der Waals surface area contributed by atoms with Gasteiger partial charge < -0.3 is 16.6 Å². The predicted octanol–water partition coefficient (Wildman–Crippen LogP) is 0.576. The first-order valence-electron chi connectivity index (χ1n) is 3.80. The molecule has 0 aliphatic heterocycles. The highest BCUT2D eigenvalue weighted by atomic mass is 35.5. The zero-order chi connectivity index (χ0) is 10.9. The molecule has 14 heavy (non-hydrogen) atoms. The lowest BCUT2D eigenvalue weighted by Crippen LogP contribution is -2.42. The summed E-state index contributed by atoms with van der Waals surface area (Å²) in [4.78, 5) is 14.5. The molecule has 0 bridgehead atoms. The van der Waals surface area contributed by atoms with Gasteiger partial charge >= 0.3 is 5.97 Å². The van der Waals surface area contributed by atoms with E-state index in [1.54, 1.807) is 0 Å². The summed E-state index contributed by atoms with van der Waals surface area (Å²) in [6.45, 7) is 1.34. The number of aromatic nitrogens is 1. The van der Waals surface area contributed by atoms with Gasteiger partial charge in [-0.1, -0.05) is 11.6 Å². The van der Waals surface area contributed by atoms with E-state index in [4.69, 9.17) is 28.2 Å². The molecule has 0 aliphatic carbocycles. The fourth-order valence-corrected chi connectivity index (χ4v) is 1.16. The summed E-state index contributed by atoms with van der Waals surface area (Å²) in [6, 6.07) is 2.90. The maximum atomic E-state index is 10.8. The Labute approximate surface area is 85.7 Å². The molecule has 0 saturated carbocycles. The molecule has 0 spiro atoms. The number of anilines is 1. The molecule has 5 nitrogen and oxygen atoms in total. The number of hydrogen-bond acceptors (Lipinski definition) is 4. The second-order valence-corrected chi connectivity index (χ2v) is 3.46. The lowest BCUT2D eigenvalue weighted by atomic mass is 9.94. The van der Waals surface area contributed by atoms with Crippen molar-refractivity contribution in [2.24, 2.45) is 5.73 Å². The number of nitrogen functional groups attached to an aromatic ring is 1. The third-order valence-corrected chi connectivity index (χ3v) is 2.11. The topological polar surface area (TPSA) is 102 Å². The van der Waals surface area contributed by atoms with Crippen molar-refractivity contribution in [3.63, 3.8) is 0 Å². The zero-order valence-corrected chi connectivity index (χ0v) is 8.25. The first-order chi connectivity index (χ1) is 6.35. The van der Waals surface area contributed by atoms with Gasteiger partial charge in [-0.05, 0) is 19.1 Å². The van der Waals surface area contributed by atoms with Crippen molar-refractivity contribution in [3.05, 3.63) is 22.8 Å². The molecule has 5 N–H and O–H groups in total. The Kier molecular flexibility index (Phi) is 2.64. The second kappa shape index (κ2) is 3.43. The summed E-state index contributed by atoms with van der Waals surface area (Å²) in [5.74, 6) is -1.14. The van der Waals surface area contributed by atoms with Crippen LogP contribution in [0.3, 0.4) is 0 Å². The van der Waals surface area contributed by atoms with Crippen molar-refractivity contribution in [3.8, 4) is 0 Å². The molecular formula is C8H10ClN3O2. The van der Waals surface area contributed by atoms with Crippen molar-refractivity contribution >= 4 is 23.4 Å². The van der Waals surface area contributed by atoms with Crippen LogP contribution in [0.15, 0.2) is 12.1 Å². The SMILES string of the molecule is C[C@@](N)(C(=O)O)c1ccc(Cl)nc1N. The number of nitrogens with zero attached hydrogens (tertiary/aromatic N) is 1. The van der Waals surface area contributed by atoms with Crippen LogP contribution in [0.2, 0.25) is 5.15 Å². The summed E-state index contributed by atoms with van der Waals surface area (Å²) in [7, 11) is 0. The van der Waals surface area contributed by atoms with Gasteiger partial charge in [0, 0.05) is 5.56 Å². The maximum Gasteiger partial charge on any atom is 0.328 e. The molecular weight excluding hydrogens is 206 g/mol. The number of carboxylic acids is 1.